The van der Waals surface area contributed by atoms with Crippen molar-refractivity contribution in [3.8, 4) is 17.6 Å². The van der Waals surface area contributed by atoms with E-state index < -0.39 is 11.2 Å². The van der Waals surface area contributed by atoms with Gasteiger partial charge in [-0.2, -0.15) is 5.26 Å². The molecule has 2 spiro atoms. The van der Waals surface area contributed by atoms with Gasteiger partial charge in [-0.25, -0.2) is 0 Å². The molecule has 1 heterocycles. The van der Waals surface area contributed by atoms with Crippen LogP contribution in [-0.2, 0) is 16.6 Å². The van der Waals surface area contributed by atoms with Gasteiger partial charge in [-0.15, -0.1) is 0 Å². The largest absolute Gasteiger partial charge is 0.493 e. The van der Waals surface area contributed by atoms with Crippen molar-refractivity contribution in [3.05, 3.63) is 23.3 Å². The van der Waals surface area contributed by atoms with E-state index >= 15 is 0 Å². The fraction of sp³-hybridized carbons (Fsp3) is 0.759. The van der Waals surface area contributed by atoms with E-state index in [2.05, 4.69) is 39.8 Å². The Morgan fingerprint density at radius 3 is 2.53 bits per heavy atom. The summed E-state index contributed by atoms with van der Waals surface area (Å²) in [4.78, 5) is 0. The highest BCUT2D eigenvalue weighted by atomic mass is 16.6. The number of hydrogen-bond acceptors (Lipinski definition) is 5. The molecule has 4 fully saturated rings. The van der Waals surface area contributed by atoms with Crippen LogP contribution in [0.5, 0.6) is 11.5 Å². The second-order valence-electron chi connectivity index (χ2n) is 13.2. The zero-order valence-corrected chi connectivity index (χ0v) is 21.7. The lowest BCUT2D eigenvalue weighted by molar-refractivity contribution is -0.320. The quantitative estimate of drug-likeness (QED) is 0.678. The molecule has 1 N–H and O–H groups in total. The minimum absolute atomic E-state index is 0.0222. The Hall–Kier alpha value is -1.77. The van der Waals surface area contributed by atoms with Crippen LogP contribution in [0.25, 0.3) is 0 Å². The molecule has 9 atom stereocenters. The summed E-state index contributed by atoms with van der Waals surface area (Å²) in [5, 5.41) is 22.5. The molecule has 1 aliphatic heterocycles. The van der Waals surface area contributed by atoms with Crippen LogP contribution in [0.4, 0.5) is 0 Å². The van der Waals surface area contributed by atoms with E-state index in [1.54, 1.807) is 7.11 Å². The lowest BCUT2D eigenvalue weighted by atomic mass is 9.28. The number of fused-ring (bicyclic) bond motifs is 2. The molecule has 4 saturated carbocycles. The molecule has 3 unspecified atom stereocenters. The van der Waals surface area contributed by atoms with Crippen LogP contribution < -0.4 is 9.47 Å². The van der Waals surface area contributed by atoms with Gasteiger partial charge in [0.1, 0.15) is 11.7 Å². The minimum Gasteiger partial charge on any atom is -0.493 e. The summed E-state index contributed by atoms with van der Waals surface area (Å²) < 4.78 is 19.5. The van der Waals surface area contributed by atoms with E-state index in [0.29, 0.717) is 0 Å². The van der Waals surface area contributed by atoms with Gasteiger partial charge in [0.2, 0.25) is 0 Å². The molecule has 184 valence electrons. The number of hydrogen-bond donors (Lipinski definition) is 1. The minimum atomic E-state index is -0.958. The standard InChI is InChI=1S/C29H39NO4/c1-16-12-18(15-30)19-13-17-8-9-20(32-6)23-22(17)29(16)24(34-23)28(33-7)11-10-27(19,29)14-21(28)26(5,31)25(2,3)4/h8-9,16,18-19,21,24,31H,10-14H2,1-7H3/t16-,18?,19-,21+,24-,26?,27?,28+,29-/m0/s1. The third-order valence-electron chi connectivity index (χ3n) is 11.6. The number of nitrogens with zero attached hydrogens (tertiary/aromatic N) is 1. The summed E-state index contributed by atoms with van der Waals surface area (Å²) in [6.45, 7) is 10.7. The maximum atomic E-state index is 12.2. The summed E-state index contributed by atoms with van der Waals surface area (Å²) in [5.74, 6) is 2.14. The van der Waals surface area contributed by atoms with E-state index in [4.69, 9.17) is 14.2 Å². The summed E-state index contributed by atoms with van der Waals surface area (Å²) in [6.07, 6.45) is 4.32. The summed E-state index contributed by atoms with van der Waals surface area (Å²) >= 11 is 0. The van der Waals surface area contributed by atoms with Gasteiger partial charge in [0.05, 0.1) is 24.7 Å². The average Bonchev–Trinajstić information content (AvgIpc) is 3.19. The van der Waals surface area contributed by atoms with Crippen molar-refractivity contribution in [1.82, 2.24) is 0 Å². The number of ether oxygens (including phenoxy) is 3. The molecule has 5 nitrogen and oxygen atoms in total. The zero-order chi connectivity index (χ0) is 24.5. The molecule has 0 radical (unpaired) electrons. The van der Waals surface area contributed by atoms with Gasteiger partial charge < -0.3 is 19.3 Å². The molecule has 7 rings (SSSR count). The van der Waals surface area contributed by atoms with E-state index in [1.165, 1.54) is 11.1 Å². The van der Waals surface area contributed by atoms with Crippen LogP contribution >= 0.6 is 0 Å². The molecular formula is C29H39NO4. The van der Waals surface area contributed by atoms with Crippen LogP contribution in [0.3, 0.4) is 0 Å². The van der Waals surface area contributed by atoms with Crippen molar-refractivity contribution >= 4 is 0 Å². The van der Waals surface area contributed by atoms with Crippen LogP contribution in [0.2, 0.25) is 0 Å². The summed E-state index contributed by atoms with van der Waals surface area (Å²) in [7, 11) is 3.53. The highest BCUT2D eigenvalue weighted by Gasteiger charge is 2.83. The highest BCUT2D eigenvalue weighted by molar-refractivity contribution is 5.64. The maximum Gasteiger partial charge on any atom is 0.165 e. The van der Waals surface area contributed by atoms with Crippen molar-refractivity contribution in [2.75, 3.05) is 14.2 Å². The molecule has 0 saturated heterocycles. The van der Waals surface area contributed by atoms with Crippen LogP contribution in [0.1, 0.15) is 71.4 Å². The van der Waals surface area contributed by atoms with Gasteiger partial charge in [0.25, 0.3) is 0 Å². The van der Waals surface area contributed by atoms with Crippen molar-refractivity contribution in [3.63, 3.8) is 0 Å². The third kappa shape index (κ3) is 2.13. The Balaban J connectivity index is 1.69. The Bertz CT molecular complexity index is 1100. The van der Waals surface area contributed by atoms with Crippen LogP contribution in [0.15, 0.2) is 12.1 Å². The third-order valence-corrected chi connectivity index (χ3v) is 11.6. The van der Waals surface area contributed by atoms with Crippen LogP contribution in [0, 0.1) is 45.8 Å². The molecule has 5 aliphatic carbocycles. The Morgan fingerprint density at radius 2 is 1.91 bits per heavy atom. The topological polar surface area (TPSA) is 71.7 Å². The Kier molecular flexibility index (Phi) is 4.34. The number of rotatable bonds is 3. The molecule has 5 heteroatoms. The Morgan fingerprint density at radius 1 is 1.18 bits per heavy atom. The van der Waals surface area contributed by atoms with E-state index in [0.717, 1.165) is 43.6 Å². The molecule has 34 heavy (non-hydrogen) atoms. The Labute approximate surface area is 203 Å². The highest BCUT2D eigenvalue weighted by Crippen LogP contribution is 2.81. The van der Waals surface area contributed by atoms with Crippen molar-refractivity contribution in [2.24, 2.45) is 34.5 Å². The van der Waals surface area contributed by atoms with Crippen molar-refractivity contribution in [2.45, 2.75) is 89.4 Å². The van der Waals surface area contributed by atoms with Gasteiger partial charge in [-0.3, -0.25) is 0 Å². The zero-order valence-electron chi connectivity index (χ0n) is 21.7. The first-order chi connectivity index (χ1) is 16.0. The van der Waals surface area contributed by atoms with Gasteiger partial charge in [-0.05, 0) is 73.3 Å². The SMILES string of the molecule is COc1ccc2c3c1O[C@H]1[C@@]4(OC)CCC5(C[C@@H]4C(C)(O)C(C)(C)C)[C@@H](C2)C(C#N)C[C@H](C)[C@]315. The molecule has 1 aromatic rings. The number of methoxy groups -OCH3 is 2. The first-order valence-corrected chi connectivity index (χ1v) is 13.0. The predicted molar refractivity (Wildman–Crippen MR) is 129 cm³/mol. The monoisotopic (exact) mass is 465 g/mol. The summed E-state index contributed by atoms with van der Waals surface area (Å²) in [5.41, 5.74) is 0.436. The molecular weight excluding hydrogens is 426 g/mol. The predicted octanol–water partition coefficient (Wildman–Crippen LogP) is 5.03. The molecule has 0 aromatic heterocycles. The molecule has 6 aliphatic rings. The van der Waals surface area contributed by atoms with Crippen LogP contribution in [-0.4, -0.2) is 36.6 Å². The lowest BCUT2D eigenvalue weighted by Gasteiger charge is -2.76. The normalized spacial score (nSPS) is 45.1. The smallest absolute Gasteiger partial charge is 0.165 e. The van der Waals surface area contributed by atoms with Crippen molar-refractivity contribution in [1.29, 1.82) is 5.26 Å². The van der Waals surface area contributed by atoms with E-state index in [1.807, 2.05) is 20.1 Å². The van der Waals surface area contributed by atoms with Crippen molar-refractivity contribution < 1.29 is 19.3 Å². The number of benzene rings is 1. The van der Waals surface area contributed by atoms with Gasteiger partial charge >= 0.3 is 0 Å². The average molecular weight is 466 g/mol. The summed E-state index contributed by atoms with van der Waals surface area (Å²) in [6, 6.07) is 6.97. The fourth-order valence-electron chi connectivity index (χ4n) is 9.79. The van der Waals surface area contributed by atoms with E-state index in [9.17, 15) is 10.4 Å². The first kappa shape index (κ1) is 22.7. The van der Waals surface area contributed by atoms with Gasteiger partial charge in [0.15, 0.2) is 11.5 Å². The second-order valence-corrected chi connectivity index (χ2v) is 13.2. The van der Waals surface area contributed by atoms with Gasteiger partial charge in [-0.1, -0.05) is 33.8 Å². The number of nitriles is 1. The fourth-order valence-corrected chi connectivity index (χ4v) is 9.79. The molecule has 0 amide bonds. The van der Waals surface area contributed by atoms with E-state index in [-0.39, 0.29) is 46.0 Å². The number of aliphatic hydroxyl groups is 1. The second kappa shape index (κ2) is 6.51. The maximum absolute atomic E-state index is 12.2. The molecule has 1 aromatic carbocycles. The molecule has 4 bridgehead atoms. The van der Waals surface area contributed by atoms with Gasteiger partial charge in [0, 0.05) is 24.0 Å². The lowest BCUT2D eigenvalue weighted by Crippen LogP contribution is -2.82. The first-order valence-electron chi connectivity index (χ1n) is 13.0.